The van der Waals surface area contributed by atoms with Crippen LogP contribution in [0.3, 0.4) is 0 Å². The van der Waals surface area contributed by atoms with Crippen LogP contribution in [0.5, 0.6) is 0 Å². The lowest BCUT2D eigenvalue weighted by Crippen LogP contribution is -2.09. The third-order valence-electron chi connectivity index (χ3n) is 2.31. The summed E-state index contributed by atoms with van der Waals surface area (Å²) in [6.07, 6.45) is 1.82. The van der Waals surface area contributed by atoms with Crippen LogP contribution >= 0.6 is 11.3 Å². The Morgan fingerprint density at radius 1 is 1.38 bits per heavy atom. The van der Waals surface area contributed by atoms with Crippen LogP contribution in [0.2, 0.25) is 0 Å². The second kappa shape index (κ2) is 4.99. The molecule has 0 spiro atoms. The number of aromatic nitrogens is 1. The Kier molecular flexibility index (Phi) is 3.41. The summed E-state index contributed by atoms with van der Waals surface area (Å²) in [7, 11) is 4.05. The van der Waals surface area contributed by atoms with E-state index in [1.54, 1.807) is 11.3 Å². The topological polar surface area (TPSA) is 28.2 Å². The van der Waals surface area contributed by atoms with Gasteiger partial charge in [-0.3, -0.25) is 0 Å². The van der Waals surface area contributed by atoms with E-state index in [0.29, 0.717) is 0 Å². The molecule has 0 radical (unpaired) electrons. The summed E-state index contributed by atoms with van der Waals surface area (Å²) < 4.78 is 0. The van der Waals surface area contributed by atoms with Gasteiger partial charge in [0.15, 0.2) is 0 Å². The molecule has 2 heterocycles. The van der Waals surface area contributed by atoms with Crippen LogP contribution < -0.4 is 10.2 Å². The average Bonchev–Trinajstić information content (AvgIpc) is 2.79. The van der Waals surface area contributed by atoms with Gasteiger partial charge in [0.05, 0.1) is 0 Å². The Morgan fingerprint density at radius 3 is 2.94 bits per heavy atom. The maximum absolute atomic E-state index is 4.29. The van der Waals surface area contributed by atoms with Crippen molar-refractivity contribution in [3.05, 3.63) is 40.7 Å². The highest BCUT2D eigenvalue weighted by atomic mass is 32.1. The minimum Gasteiger partial charge on any atom is -0.378 e. The molecule has 0 bridgehead atoms. The molecule has 84 valence electrons. The van der Waals surface area contributed by atoms with E-state index in [1.807, 2.05) is 32.4 Å². The van der Waals surface area contributed by atoms with Gasteiger partial charge in [-0.2, -0.15) is 11.3 Å². The molecule has 0 saturated heterocycles. The predicted molar refractivity (Wildman–Crippen MR) is 70.2 cm³/mol. The van der Waals surface area contributed by atoms with Gasteiger partial charge < -0.3 is 10.2 Å². The number of hydrogen-bond acceptors (Lipinski definition) is 4. The SMILES string of the molecule is CN(C)c1ccnc(NCc2ccsc2)c1. The Labute approximate surface area is 99.8 Å². The lowest BCUT2D eigenvalue weighted by Gasteiger charge is -2.13. The molecule has 0 aliphatic heterocycles. The Bertz CT molecular complexity index is 437. The van der Waals surface area contributed by atoms with Crippen molar-refractivity contribution in [1.82, 2.24) is 4.98 Å². The summed E-state index contributed by atoms with van der Waals surface area (Å²) in [5.74, 6) is 0.914. The number of rotatable bonds is 4. The van der Waals surface area contributed by atoms with E-state index in [0.717, 1.165) is 18.1 Å². The number of nitrogens with one attached hydrogen (secondary N) is 1. The first-order valence-electron chi connectivity index (χ1n) is 5.14. The van der Waals surface area contributed by atoms with Gasteiger partial charge in [-0.25, -0.2) is 4.98 Å². The number of pyridine rings is 1. The zero-order chi connectivity index (χ0) is 11.4. The number of nitrogens with zero attached hydrogens (tertiary/aromatic N) is 2. The van der Waals surface area contributed by atoms with Crippen LogP contribution in [0.25, 0.3) is 0 Å². The average molecular weight is 233 g/mol. The Balaban J connectivity index is 2.01. The standard InChI is InChI=1S/C12H15N3S/c1-15(2)11-3-5-13-12(7-11)14-8-10-4-6-16-9-10/h3-7,9H,8H2,1-2H3,(H,13,14). The predicted octanol–water partition coefficient (Wildman–Crippen LogP) is 2.82. The summed E-state index contributed by atoms with van der Waals surface area (Å²) in [5.41, 5.74) is 2.45. The van der Waals surface area contributed by atoms with Gasteiger partial charge in [-0.05, 0) is 28.5 Å². The van der Waals surface area contributed by atoms with Crippen LogP contribution in [-0.2, 0) is 6.54 Å². The molecule has 0 fully saturated rings. The highest BCUT2D eigenvalue weighted by Crippen LogP contribution is 2.15. The molecule has 0 aromatic carbocycles. The second-order valence-corrected chi connectivity index (χ2v) is 4.56. The molecule has 16 heavy (non-hydrogen) atoms. The number of thiophene rings is 1. The molecule has 0 unspecified atom stereocenters. The molecule has 4 heteroatoms. The highest BCUT2D eigenvalue weighted by molar-refractivity contribution is 7.07. The second-order valence-electron chi connectivity index (χ2n) is 3.78. The van der Waals surface area contributed by atoms with Crippen LogP contribution in [0.4, 0.5) is 11.5 Å². The summed E-state index contributed by atoms with van der Waals surface area (Å²) in [6.45, 7) is 0.827. The van der Waals surface area contributed by atoms with Gasteiger partial charge >= 0.3 is 0 Å². The monoisotopic (exact) mass is 233 g/mol. The summed E-state index contributed by atoms with van der Waals surface area (Å²) in [5, 5.41) is 7.54. The maximum atomic E-state index is 4.29. The van der Waals surface area contributed by atoms with Gasteiger partial charge in [0, 0.05) is 38.6 Å². The quantitative estimate of drug-likeness (QED) is 0.880. The Morgan fingerprint density at radius 2 is 2.25 bits per heavy atom. The first-order chi connectivity index (χ1) is 7.75. The van der Waals surface area contributed by atoms with E-state index < -0.39 is 0 Å². The first kappa shape index (κ1) is 11.0. The van der Waals surface area contributed by atoms with E-state index in [4.69, 9.17) is 0 Å². The van der Waals surface area contributed by atoms with E-state index in [-0.39, 0.29) is 0 Å². The molecule has 2 rings (SSSR count). The fourth-order valence-electron chi connectivity index (χ4n) is 1.38. The molecule has 0 saturated carbocycles. The molecule has 0 aliphatic rings. The van der Waals surface area contributed by atoms with Crippen LogP contribution in [0.1, 0.15) is 5.56 Å². The highest BCUT2D eigenvalue weighted by Gasteiger charge is 1.99. The smallest absolute Gasteiger partial charge is 0.128 e. The molecule has 0 aliphatic carbocycles. The van der Waals surface area contributed by atoms with Crippen molar-refractivity contribution in [3.63, 3.8) is 0 Å². The van der Waals surface area contributed by atoms with Gasteiger partial charge in [-0.15, -0.1) is 0 Å². The van der Waals surface area contributed by atoms with E-state index in [9.17, 15) is 0 Å². The molecule has 0 atom stereocenters. The van der Waals surface area contributed by atoms with Crippen molar-refractivity contribution in [2.75, 3.05) is 24.3 Å². The van der Waals surface area contributed by atoms with E-state index in [2.05, 4.69) is 32.0 Å². The van der Waals surface area contributed by atoms with Crippen molar-refractivity contribution >= 4 is 22.8 Å². The van der Waals surface area contributed by atoms with Crippen molar-refractivity contribution in [1.29, 1.82) is 0 Å². The molecule has 2 aromatic rings. The Hall–Kier alpha value is -1.55. The summed E-state index contributed by atoms with van der Waals surface area (Å²) in [4.78, 5) is 6.35. The minimum atomic E-state index is 0.827. The molecule has 3 nitrogen and oxygen atoms in total. The fraction of sp³-hybridized carbons (Fsp3) is 0.250. The van der Waals surface area contributed by atoms with Crippen molar-refractivity contribution in [2.24, 2.45) is 0 Å². The van der Waals surface area contributed by atoms with Crippen molar-refractivity contribution in [3.8, 4) is 0 Å². The zero-order valence-corrected chi connectivity index (χ0v) is 10.3. The lowest BCUT2D eigenvalue weighted by atomic mass is 10.3. The molecular weight excluding hydrogens is 218 g/mol. The third kappa shape index (κ3) is 2.73. The van der Waals surface area contributed by atoms with E-state index >= 15 is 0 Å². The fourth-order valence-corrected chi connectivity index (χ4v) is 2.05. The molecule has 1 N–H and O–H groups in total. The molecular formula is C12H15N3S. The summed E-state index contributed by atoms with van der Waals surface area (Å²) in [6, 6.07) is 6.16. The van der Waals surface area contributed by atoms with Gasteiger partial charge in [0.25, 0.3) is 0 Å². The van der Waals surface area contributed by atoms with Crippen molar-refractivity contribution in [2.45, 2.75) is 6.54 Å². The number of hydrogen-bond donors (Lipinski definition) is 1. The third-order valence-corrected chi connectivity index (χ3v) is 3.05. The molecule has 2 aromatic heterocycles. The largest absolute Gasteiger partial charge is 0.378 e. The van der Waals surface area contributed by atoms with Gasteiger partial charge in [0.2, 0.25) is 0 Å². The lowest BCUT2D eigenvalue weighted by molar-refractivity contribution is 1.09. The van der Waals surface area contributed by atoms with Crippen LogP contribution in [0.15, 0.2) is 35.2 Å². The van der Waals surface area contributed by atoms with Crippen molar-refractivity contribution < 1.29 is 0 Å². The van der Waals surface area contributed by atoms with Gasteiger partial charge in [-0.1, -0.05) is 0 Å². The molecule has 0 amide bonds. The zero-order valence-electron chi connectivity index (χ0n) is 9.47. The maximum Gasteiger partial charge on any atom is 0.128 e. The minimum absolute atomic E-state index is 0.827. The summed E-state index contributed by atoms with van der Waals surface area (Å²) >= 11 is 1.71. The van der Waals surface area contributed by atoms with Crippen LogP contribution in [0, 0.1) is 0 Å². The normalized spacial score (nSPS) is 10.1. The number of anilines is 2. The first-order valence-corrected chi connectivity index (χ1v) is 6.08. The van der Waals surface area contributed by atoms with E-state index in [1.165, 1.54) is 5.56 Å². The van der Waals surface area contributed by atoms with Gasteiger partial charge in [0.1, 0.15) is 5.82 Å². The van der Waals surface area contributed by atoms with Crippen LogP contribution in [-0.4, -0.2) is 19.1 Å².